The number of nitrogens with one attached hydrogen (secondary N) is 1. The molecule has 0 aliphatic carbocycles. The van der Waals surface area contributed by atoms with E-state index in [0.29, 0.717) is 5.02 Å². The van der Waals surface area contributed by atoms with Crippen molar-refractivity contribution in [2.45, 2.75) is 32.7 Å². The molecule has 0 radical (unpaired) electrons. The second-order valence-electron chi connectivity index (χ2n) is 5.29. The van der Waals surface area contributed by atoms with E-state index in [1.165, 1.54) is 0 Å². The molecule has 98 valence electrons. The first-order valence-corrected chi connectivity index (χ1v) is 6.63. The van der Waals surface area contributed by atoms with Crippen LogP contribution in [0.3, 0.4) is 0 Å². The summed E-state index contributed by atoms with van der Waals surface area (Å²) in [5, 5.41) is 3.99. The highest BCUT2D eigenvalue weighted by molar-refractivity contribution is 6.30. The predicted molar refractivity (Wildman–Crippen MR) is 75.2 cm³/mol. The Labute approximate surface area is 113 Å². The Morgan fingerprint density at radius 2 is 2.11 bits per heavy atom. The summed E-state index contributed by atoms with van der Waals surface area (Å²) in [7, 11) is 0. The number of anilines is 1. The molecule has 0 spiro atoms. The van der Waals surface area contributed by atoms with Gasteiger partial charge >= 0.3 is 0 Å². The normalized spacial score (nSPS) is 19.8. The van der Waals surface area contributed by atoms with Crippen molar-refractivity contribution in [2.24, 2.45) is 0 Å². The maximum atomic E-state index is 12.5. The minimum absolute atomic E-state index is 0.116. The van der Waals surface area contributed by atoms with E-state index in [9.17, 15) is 4.79 Å². The molecule has 0 bridgehead atoms. The van der Waals surface area contributed by atoms with Gasteiger partial charge in [0.2, 0.25) is 5.91 Å². The van der Waals surface area contributed by atoms with Crippen molar-refractivity contribution < 1.29 is 4.79 Å². The molecular formula is C14H19ClN2O. The molecule has 0 aromatic heterocycles. The number of aryl methyl sites for hydroxylation is 1. The third kappa shape index (κ3) is 2.52. The summed E-state index contributed by atoms with van der Waals surface area (Å²) >= 11 is 5.96. The summed E-state index contributed by atoms with van der Waals surface area (Å²) in [6.07, 6.45) is 0.956. The third-order valence-electron chi connectivity index (χ3n) is 3.35. The topological polar surface area (TPSA) is 32.3 Å². The molecule has 0 unspecified atom stereocenters. The van der Waals surface area contributed by atoms with E-state index in [1.54, 1.807) is 0 Å². The number of hydrogen-bond donors (Lipinski definition) is 1. The fourth-order valence-electron chi connectivity index (χ4n) is 2.30. The van der Waals surface area contributed by atoms with E-state index in [-0.39, 0.29) is 5.91 Å². The average molecular weight is 267 g/mol. The minimum atomic E-state index is -0.511. The van der Waals surface area contributed by atoms with E-state index in [4.69, 9.17) is 11.6 Å². The van der Waals surface area contributed by atoms with Gasteiger partial charge in [0.05, 0.1) is 5.54 Å². The molecule has 0 saturated carbocycles. The molecule has 1 saturated heterocycles. The predicted octanol–water partition coefficient (Wildman–Crippen LogP) is 2.75. The monoisotopic (exact) mass is 266 g/mol. The molecule has 1 N–H and O–H groups in total. The van der Waals surface area contributed by atoms with Crippen molar-refractivity contribution in [1.82, 2.24) is 5.32 Å². The van der Waals surface area contributed by atoms with Crippen LogP contribution in [-0.4, -0.2) is 24.5 Å². The Bertz CT molecular complexity index is 471. The van der Waals surface area contributed by atoms with Gasteiger partial charge in [-0.3, -0.25) is 4.79 Å². The number of nitrogens with zero attached hydrogens (tertiary/aromatic N) is 1. The van der Waals surface area contributed by atoms with Crippen LogP contribution in [0.25, 0.3) is 0 Å². The van der Waals surface area contributed by atoms with E-state index in [0.717, 1.165) is 30.8 Å². The van der Waals surface area contributed by atoms with Gasteiger partial charge in [0.1, 0.15) is 0 Å². The van der Waals surface area contributed by atoms with Crippen molar-refractivity contribution >= 4 is 23.2 Å². The Hall–Kier alpha value is -1.06. The number of carbonyl (C=O) groups is 1. The molecule has 1 aromatic carbocycles. The maximum absolute atomic E-state index is 12.5. The zero-order chi connectivity index (χ0) is 13.3. The van der Waals surface area contributed by atoms with Gasteiger partial charge in [-0.25, -0.2) is 0 Å². The zero-order valence-electron chi connectivity index (χ0n) is 11.1. The highest BCUT2D eigenvalue weighted by atomic mass is 35.5. The smallest absolute Gasteiger partial charge is 0.246 e. The lowest BCUT2D eigenvalue weighted by Crippen LogP contribution is -2.51. The Balaban J connectivity index is 2.39. The number of halogens is 1. The van der Waals surface area contributed by atoms with Crippen molar-refractivity contribution in [3.63, 3.8) is 0 Å². The van der Waals surface area contributed by atoms with Crippen molar-refractivity contribution in [1.29, 1.82) is 0 Å². The van der Waals surface area contributed by atoms with Gasteiger partial charge in [0.15, 0.2) is 0 Å². The molecule has 4 heteroatoms. The highest BCUT2D eigenvalue weighted by Crippen LogP contribution is 2.27. The van der Waals surface area contributed by atoms with Crippen molar-refractivity contribution in [3.05, 3.63) is 28.8 Å². The standard InChI is InChI=1S/C14H19ClN2O/c1-10-9-11(15)5-6-12(10)17-8-4-7-16-14(2,3)13(17)18/h5-6,9,16H,4,7-8H2,1-3H3. The van der Waals surface area contributed by atoms with Crippen LogP contribution < -0.4 is 10.2 Å². The van der Waals surface area contributed by atoms with Gasteiger partial charge in [-0.2, -0.15) is 0 Å². The van der Waals surface area contributed by atoms with Crippen LogP contribution in [0.4, 0.5) is 5.69 Å². The highest BCUT2D eigenvalue weighted by Gasteiger charge is 2.34. The molecule has 1 aliphatic heterocycles. The van der Waals surface area contributed by atoms with E-state index < -0.39 is 5.54 Å². The minimum Gasteiger partial charge on any atom is -0.311 e. The van der Waals surface area contributed by atoms with Crippen molar-refractivity contribution in [3.8, 4) is 0 Å². The summed E-state index contributed by atoms with van der Waals surface area (Å²) in [5.41, 5.74) is 1.48. The van der Waals surface area contributed by atoms with E-state index in [2.05, 4.69) is 5.32 Å². The SMILES string of the molecule is Cc1cc(Cl)ccc1N1CCCNC(C)(C)C1=O. The fraction of sp³-hybridized carbons (Fsp3) is 0.500. The molecule has 1 aliphatic rings. The van der Waals surface area contributed by atoms with Gasteiger partial charge < -0.3 is 10.2 Å². The fourth-order valence-corrected chi connectivity index (χ4v) is 2.53. The van der Waals surface area contributed by atoms with Crippen LogP contribution in [-0.2, 0) is 4.79 Å². The summed E-state index contributed by atoms with van der Waals surface area (Å²) in [6.45, 7) is 7.46. The maximum Gasteiger partial charge on any atom is 0.246 e. The lowest BCUT2D eigenvalue weighted by molar-refractivity contribution is -0.123. The van der Waals surface area contributed by atoms with Crippen LogP contribution in [0.1, 0.15) is 25.8 Å². The number of amides is 1. The van der Waals surface area contributed by atoms with Gasteiger partial charge in [-0.1, -0.05) is 11.6 Å². The zero-order valence-corrected chi connectivity index (χ0v) is 11.8. The molecule has 2 rings (SSSR count). The third-order valence-corrected chi connectivity index (χ3v) is 3.59. The summed E-state index contributed by atoms with van der Waals surface area (Å²) in [5.74, 6) is 0.116. The number of benzene rings is 1. The van der Waals surface area contributed by atoms with Crippen LogP contribution in [0.5, 0.6) is 0 Å². The summed E-state index contributed by atoms with van der Waals surface area (Å²) < 4.78 is 0. The van der Waals surface area contributed by atoms with Crippen molar-refractivity contribution in [2.75, 3.05) is 18.0 Å². The molecule has 1 amide bonds. The first-order valence-electron chi connectivity index (χ1n) is 6.25. The van der Waals surface area contributed by atoms with Crippen LogP contribution in [0.2, 0.25) is 5.02 Å². The van der Waals surface area contributed by atoms with Gasteiger partial charge in [-0.05, 0) is 57.5 Å². The first-order chi connectivity index (χ1) is 8.42. The summed E-state index contributed by atoms with van der Waals surface area (Å²) in [6, 6.07) is 5.66. The Morgan fingerprint density at radius 3 is 2.78 bits per heavy atom. The van der Waals surface area contributed by atoms with E-state index in [1.807, 2.05) is 43.9 Å². The second kappa shape index (κ2) is 4.90. The van der Waals surface area contributed by atoms with Crippen LogP contribution in [0.15, 0.2) is 18.2 Å². The number of carbonyl (C=O) groups excluding carboxylic acids is 1. The van der Waals surface area contributed by atoms with Crippen LogP contribution in [0, 0.1) is 6.92 Å². The Morgan fingerprint density at radius 1 is 1.39 bits per heavy atom. The van der Waals surface area contributed by atoms with Crippen LogP contribution >= 0.6 is 11.6 Å². The van der Waals surface area contributed by atoms with Gasteiger partial charge in [0.25, 0.3) is 0 Å². The molecule has 3 nitrogen and oxygen atoms in total. The molecule has 0 atom stereocenters. The molecule has 18 heavy (non-hydrogen) atoms. The molecular weight excluding hydrogens is 248 g/mol. The lowest BCUT2D eigenvalue weighted by Gasteiger charge is -2.30. The second-order valence-corrected chi connectivity index (χ2v) is 5.73. The lowest BCUT2D eigenvalue weighted by atomic mass is 10.0. The van der Waals surface area contributed by atoms with Gasteiger partial charge in [0, 0.05) is 17.3 Å². The van der Waals surface area contributed by atoms with Gasteiger partial charge in [-0.15, -0.1) is 0 Å². The van der Waals surface area contributed by atoms with E-state index >= 15 is 0 Å². The quantitative estimate of drug-likeness (QED) is 0.848. The number of rotatable bonds is 1. The largest absolute Gasteiger partial charge is 0.311 e. The average Bonchev–Trinajstić information content (AvgIpc) is 2.41. The number of hydrogen-bond acceptors (Lipinski definition) is 2. The Kier molecular flexibility index (Phi) is 3.64. The molecule has 1 heterocycles. The summed E-state index contributed by atoms with van der Waals surface area (Å²) in [4.78, 5) is 14.4. The molecule has 1 fully saturated rings. The molecule has 1 aromatic rings. The first kappa shape index (κ1) is 13.4.